The molecule has 0 radical (unpaired) electrons. The number of anilines is 3. The van der Waals surface area contributed by atoms with Crippen molar-refractivity contribution in [2.75, 3.05) is 23.3 Å². The van der Waals surface area contributed by atoms with Gasteiger partial charge in [-0.05, 0) is 61.9 Å². The zero-order chi connectivity index (χ0) is 24.8. The Morgan fingerprint density at radius 2 is 1.97 bits per heavy atom. The molecule has 1 amide bonds. The molecule has 1 aliphatic carbocycles. The molecule has 7 nitrogen and oxygen atoms in total. The van der Waals surface area contributed by atoms with Gasteiger partial charge < -0.3 is 20.5 Å². The number of nitrogens with zero attached hydrogens (tertiary/aromatic N) is 3. The van der Waals surface area contributed by atoms with Gasteiger partial charge in [-0.15, -0.1) is 0 Å². The summed E-state index contributed by atoms with van der Waals surface area (Å²) < 4.78 is 39.5. The van der Waals surface area contributed by atoms with Crippen LogP contribution >= 0.6 is 0 Å². The summed E-state index contributed by atoms with van der Waals surface area (Å²) in [7, 11) is 0. The molecule has 5 rings (SSSR count). The molecular formula is C25H25F3N6O. The van der Waals surface area contributed by atoms with Crippen LogP contribution in [0.15, 0.2) is 30.3 Å². The predicted octanol–water partition coefficient (Wildman–Crippen LogP) is 5.05. The van der Waals surface area contributed by atoms with Crippen molar-refractivity contribution >= 4 is 34.3 Å². The Morgan fingerprint density at radius 3 is 2.63 bits per heavy atom. The lowest BCUT2D eigenvalue weighted by molar-refractivity contribution is -0.192. The second-order valence-corrected chi connectivity index (χ2v) is 9.31. The predicted molar refractivity (Wildman–Crippen MR) is 126 cm³/mol. The minimum Gasteiger partial charge on any atom is -0.370 e. The van der Waals surface area contributed by atoms with E-state index in [1.807, 2.05) is 19.1 Å². The number of benzene rings is 2. The molecule has 2 aliphatic rings. The smallest absolute Gasteiger partial charge is 0.370 e. The van der Waals surface area contributed by atoms with E-state index in [1.54, 1.807) is 18.2 Å². The lowest BCUT2D eigenvalue weighted by Gasteiger charge is -2.18. The standard InChI is InChI=1S/C25H25F3N6O/c1-15-4-5-16(14-30-22(35)24(6-7-24)25(26,27)28)10-18(15)31-23-32-19-11-17(13-29)21(12-20(19)33-23)34-8-2-3-9-34/h4-5,10-12H,2-3,6-9,14H2,1H3,(H,30,35)(H2,31,32,33). The van der Waals surface area contributed by atoms with Gasteiger partial charge in [0.15, 0.2) is 0 Å². The van der Waals surface area contributed by atoms with Crippen molar-refractivity contribution in [3.8, 4) is 6.07 Å². The molecule has 1 saturated heterocycles. The molecule has 0 atom stereocenters. The van der Waals surface area contributed by atoms with Crippen LogP contribution in [0.4, 0.5) is 30.5 Å². The fourth-order valence-electron chi connectivity index (χ4n) is 4.57. The van der Waals surface area contributed by atoms with Crippen LogP contribution < -0.4 is 15.5 Å². The Bertz CT molecular complexity index is 1330. The number of halogens is 3. The molecule has 0 spiro atoms. The molecule has 2 aromatic carbocycles. The molecule has 1 aromatic heterocycles. The lowest BCUT2D eigenvalue weighted by Crippen LogP contribution is -2.40. The number of nitrogens with one attached hydrogen (secondary N) is 3. The van der Waals surface area contributed by atoms with Crippen LogP contribution in [0, 0.1) is 23.7 Å². The summed E-state index contributed by atoms with van der Waals surface area (Å²) in [5, 5.41) is 15.3. The second-order valence-electron chi connectivity index (χ2n) is 9.31. The van der Waals surface area contributed by atoms with E-state index in [2.05, 4.69) is 31.6 Å². The Balaban J connectivity index is 1.33. The van der Waals surface area contributed by atoms with Gasteiger partial charge in [0.2, 0.25) is 11.9 Å². The third kappa shape index (κ3) is 4.27. The number of carbonyl (C=O) groups excluding carboxylic acids is 1. The minimum absolute atomic E-state index is 0.00349. The zero-order valence-corrected chi connectivity index (χ0v) is 19.2. The Morgan fingerprint density at radius 1 is 1.23 bits per heavy atom. The van der Waals surface area contributed by atoms with Crippen molar-refractivity contribution < 1.29 is 18.0 Å². The van der Waals surface area contributed by atoms with Crippen molar-refractivity contribution in [2.24, 2.45) is 5.41 Å². The Hall–Kier alpha value is -3.74. The van der Waals surface area contributed by atoms with E-state index >= 15 is 0 Å². The zero-order valence-electron chi connectivity index (χ0n) is 19.2. The molecule has 2 heterocycles. The van der Waals surface area contributed by atoms with Crippen LogP contribution in [0.1, 0.15) is 42.4 Å². The number of aryl methyl sites for hydroxylation is 1. The third-order valence-corrected chi connectivity index (χ3v) is 6.90. The van der Waals surface area contributed by atoms with Crippen LogP contribution in [-0.4, -0.2) is 35.1 Å². The highest BCUT2D eigenvalue weighted by molar-refractivity contribution is 5.87. The maximum atomic E-state index is 13.2. The summed E-state index contributed by atoms with van der Waals surface area (Å²) in [6, 6.07) is 11.4. The maximum Gasteiger partial charge on any atom is 0.403 e. The highest BCUT2D eigenvalue weighted by Gasteiger charge is 2.68. The molecule has 182 valence electrons. The number of H-pyrrole nitrogens is 1. The molecule has 1 aliphatic heterocycles. The van der Waals surface area contributed by atoms with E-state index in [1.165, 1.54) is 0 Å². The van der Waals surface area contributed by atoms with Gasteiger partial charge in [-0.2, -0.15) is 18.4 Å². The third-order valence-electron chi connectivity index (χ3n) is 6.90. The molecular weight excluding hydrogens is 457 g/mol. The average molecular weight is 483 g/mol. The van der Waals surface area contributed by atoms with Crippen LogP contribution in [0.5, 0.6) is 0 Å². The summed E-state index contributed by atoms with van der Waals surface area (Å²) in [5.74, 6) is -0.486. The second kappa shape index (κ2) is 8.48. The first kappa shape index (κ1) is 23.0. The van der Waals surface area contributed by atoms with Crippen LogP contribution in [0.2, 0.25) is 0 Å². The molecule has 0 unspecified atom stereocenters. The molecule has 0 bridgehead atoms. The SMILES string of the molecule is Cc1ccc(CNC(=O)C2(C(F)(F)F)CC2)cc1Nc1nc2cc(C#N)c(N3CCCC3)cc2[nH]1. The first-order valence-electron chi connectivity index (χ1n) is 11.6. The van der Waals surface area contributed by atoms with E-state index in [0.29, 0.717) is 28.3 Å². The van der Waals surface area contributed by atoms with E-state index in [0.717, 1.165) is 42.7 Å². The van der Waals surface area contributed by atoms with Gasteiger partial charge >= 0.3 is 6.18 Å². The van der Waals surface area contributed by atoms with Crippen molar-refractivity contribution in [3.05, 3.63) is 47.0 Å². The number of imidazole rings is 1. The van der Waals surface area contributed by atoms with Crippen LogP contribution in [0.3, 0.4) is 0 Å². The van der Waals surface area contributed by atoms with E-state index in [4.69, 9.17) is 0 Å². The van der Waals surface area contributed by atoms with Crippen molar-refractivity contribution in [3.63, 3.8) is 0 Å². The van der Waals surface area contributed by atoms with E-state index in [-0.39, 0.29) is 19.4 Å². The van der Waals surface area contributed by atoms with Crippen molar-refractivity contribution in [1.82, 2.24) is 15.3 Å². The molecule has 2 fully saturated rings. The molecule has 10 heteroatoms. The summed E-state index contributed by atoms with van der Waals surface area (Å²) in [6.07, 6.45) is -2.65. The normalized spacial score (nSPS) is 16.8. The van der Waals surface area contributed by atoms with Gasteiger partial charge in [0.1, 0.15) is 11.5 Å². The van der Waals surface area contributed by atoms with Gasteiger partial charge in [0.25, 0.3) is 0 Å². The number of aromatic nitrogens is 2. The number of hydrogen-bond acceptors (Lipinski definition) is 5. The van der Waals surface area contributed by atoms with Crippen molar-refractivity contribution in [2.45, 2.75) is 45.3 Å². The molecule has 3 N–H and O–H groups in total. The number of aromatic amines is 1. The summed E-state index contributed by atoms with van der Waals surface area (Å²) in [6.45, 7) is 3.74. The number of alkyl halides is 3. The molecule has 1 saturated carbocycles. The summed E-state index contributed by atoms with van der Waals surface area (Å²) in [5.41, 5.74) is 3.00. The number of amides is 1. The monoisotopic (exact) mass is 482 g/mol. The molecule has 35 heavy (non-hydrogen) atoms. The van der Waals surface area contributed by atoms with Crippen LogP contribution in [0.25, 0.3) is 11.0 Å². The number of nitriles is 1. The maximum absolute atomic E-state index is 13.2. The first-order valence-corrected chi connectivity index (χ1v) is 11.6. The Labute approximate surface area is 200 Å². The van der Waals surface area contributed by atoms with Gasteiger partial charge in [0.05, 0.1) is 22.3 Å². The minimum atomic E-state index is -4.53. The number of rotatable bonds is 6. The van der Waals surface area contributed by atoms with E-state index in [9.17, 15) is 23.2 Å². The van der Waals surface area contributed by atoms with Crippen LogP contribution in [-0.2, 0) is 11.3 Å². The highest BCUT2D eigenvalue weighted by atomic mass is 19.4. The van der Waals surface area contributed by atoms with Gasteiger partial charge in [-0.3, -0.25) is 4.79 Å². The largest absolute Gasteiger partial charge is 0.403 e. The topological polar surface area (TPSA) is 96.8 Å². The summed E-state index contributed by atoms with van der Waals surface area (Å²) >= 11 is 0. The number of fused-ring (bicyclic) bond motifs is 1. The first-order chi connectivity index (χ1) is 16.7. The fraction of sp³-hybridized carbons (Fsp3) is 0.400. The van der Waals surface area contributed by atoms with Gasteiger partial charge in [0, 0.05) is 25.3 Å². The summed E-state index contributed by atoms with van der Waals surface area (Å²) in [4.78, 5) is 22.2. The Kier molecular flexibility index (Phi) is 5.58. The molecule has 3 aromatic rings. The average Bonchev–Trinajstić information content (AvgIpc) is 3.30. The quantitative estimate of drug-likeness (QED) is 0.457. The fourth-order valence-corrected chi connectivity index (χ4v) is 4.57. The highest BCUT2D eigenvalue weighted by Crippen LogP contribution is 2.57. The van der Waals surface area contributed by atoms with Crippen molar-refractivity contribution in [1.29, 1.82) is 5.26 Å². The number of carbonyl (C=O) groups is 1. The lowest BCUT2D eigenvalue weighted by atomic mass is 10.1. The van der Waals surface area contributed by atoms with Gasteiger partial charge in [-0.25, -0.2) is 4.98 Å². The number of hydrogen-bond donors (Lipinski definition) is 3. The van der Waals surface area contributed by atoms with Gasteiger partial charge in [-0.1, -0.05) is 12.1 Å². The van der Waals surface area contributed by atoms with E-state index < -0.39 is 17.5 Å².